The molecule has 1 aliphatic carbocycles. The molecule has 2 aliphatic heterocycles. The van der Waals surface area contributed by atoms with Gasteiger partial charge in [0.15, 0.2) is 0 Å². The van der Waals surface area contributed by atoms with Crippen molar-refractivity contribution < 1.29 is 14.6 Å². The van der Waals surface area contributed by atoms with Crippen LogP contribution in [0.15, 0.2) is 43.1 Å². The van der Waals surface area contributed by atoms with Gasteiger partial charge in [-0.2, -0.15) is 0 Å². The first-order valence-electron chi connectivity index (χ1n) is 12.6. The highest BCUT2D eigenvalue weighted by Gasteiger charge is 2.45. The van der Waals surface area contributed by atoms with Crippen LogP contribution in [0.1, 0.15) is 49.1 Å². The summed E-state index contributed by atoms with van der Waals surface area (Å²) in [6.07, 6.45) is 9.10. The number of carbonyl (C=O) groups excluding carboxylic acids is 1. The molecule has 1 saturated carbocycles. The normalized spacial score (nSPS) is 28.9. The van der Waals surface area contributed by atoms with Crippen LogP contribution < -0.4 is 5.32 Å². The number of hydrogen-bond donors (Lipinski definition) is 2. The first kappa shape index (κ1) is 23.7. The molecule has 6 rings (SSSR count). The number of fused-ring (bicyclic) bond motifs is 1. The number of piperidine rings is 1. The fourth-order valence-electron chi connectivity index (χ4n) is 5.80. The zero-order chi connectivity index (χ0) is 24.9. The van der Waals surface area contributed by atoms with E-state index >= 15 is 0 Å². The Hall–Kier alpha value is -2.65. The topological polar surface area (TPSA) is 100 Å². The lowest BCUT2D eigenvalue weighted by Gasteiger charge is -2.43. The Morgan fingerprint density at radius 2 is 1.94 bits per heavy atom. The molecule has 2 saturated heterocycles. The van der Waals surface area contributed by atoms with Crippen molar-refractivity contribution in [1.29, 1.82) is 0 Å². The Morgan fingerprint density at radius 3 is 2.67 bits per heavy atom. The van der Waals surface area contributed by atoms with Gasteiger partial charge in [-0.3, -0.25) is 9.69 Å². The number of pyridine rings is 1. The summed E-state index contributed by atoms with van der Waals surface area (Å²) in [5.74, 6) is 0.956. The lowest BCUT2D eigenvalue weighted by molar-refractivity contribution is -0.117. The van der Waals surface area contributed by atoms with Crippen LogP contribution in [0, 0.1) is 5.92 Å². The number of hydrogen-bond acceptors (Lipinski definition) is 7. The first-order valence-corrected chi connectivity index (χ1v) is 13.0. The molecule has 8 nitrogen and oxygen atoms in total. The number of aliphatic hydroxyl groups excluding tert-OH is 1. The van der Waals surface area contributed by atoms with E-state index in [9.17, 15) is 9.90 Å². The number of likely N-dealkylation sites (tertiary alicyclic amines) is 1. The number of aliphatic hydroxyl groups is 1. The van der Waals surface area contributed by atoms with Crippen molar-refractivity contribution in [3.63, 3.8) is 0 Å². The number of carbonyl (C=O) groups is 1. The van der Waals surface area contributed by atoms with Gasteiger partial charge in [-0.15, -0.1) is 0 Å². The highest BCUT2D eigenvalue weighted by atomic mass is 35.5. The summed E-state index contributed by atoms with van der Waals surface area (Å²) in [6, 6.07) is 6.05. The minimum Gasteiger partial charge on any atom is -0.389 e. The Balaban J connectivity index is 1.15. The zero-order valence-corrected chi connectivity index (χ0v) is 21.0. The molecular formula is C27H30ClN5O3. The largest absolute Gasteiger partial charge is 0.389 e. The van der Waals surface area contributed by atoms with Gasteiger partial charge in [0.05, 0.1) is 24.9 Å². The molecule has 0 bridgehead atoms. The van der Waals surface area contributed by atoms with Crippen LogP contribution in [0.2, 0.25) is 5.02 Å². The standard InChI is InChI=1S/C27H30ClN5O3/c1-27(14-36-13-24(27)34)33-4-2-16(3-5-33)21-6-17-8-25(31-12-18(17)7-23(21)28)32-26(35)22-9-20(22)19-10-29-15-30-11-19/h6-8,10-12,15-16,20,22,24,34H,2-5,9,13-14H2,1H3,(H,31,32,35)/t20?,22?,24-,27+/m0/s1. The summed E-state index contributed by atoms with van der Waals surface area (Å²) < 4.78 is 5.54. The predicted molar refractivity (Wildman–Crippen MR) is 137 cm³/mol. The molecule has 3 fully saturated rings. The smallest absolute Gasteiger partial charge is 0.229 e. The summed E-state index contributed by atoms with van der Waals surface area (Å²) in [5.41, 5.74) is 1.82. The molecule has 0 spiro atoms. The van der Waals surface area contributed by atoms with Crippen molar-refractivity contribution in [2.24, 2.45) is 5.92 Å². The number of ether oxygens (including phenoxy) is 1. The predicted octanol–water partition coefficient (Wildman–Crippen LogP) is 3.75. The molecule has 2 N–H and O–H groups in total. The Labute approximate surface area is 215 Å². The molecule has 1 aromatic carbocycles. The highest BCUT2D eigenvalue weighted by Crippen LogP contribution is 2.47. The number of rotatable bonds is 5. The van der Waals surface area contributed by atoms with Gasteiger partial charge in [-0.25, -0.2) is 15.0 Å². The molecule has 3 aromatic rings. The maximum atomic E-state index is 12.8. The maximum absolute atomic E-state index is 12.8. The fraction of sp³-hybridized carbons (Fsp3) is 0.481. The second-order valence-electron chi connectivity index (χ2n) is 10.5. The molecule has 188 valence electrons. The molecule has 1 amide bonds. The summed E-state index contributed by atoms with van der Waals surface area (Å²) in [6.45, 7) is 4.85. The summed E-state index contributed by atoms with van der Waals surface area (Å²) in [7, 11) is 0. The van der Waals surface area contributed by atoms with Gasteiger partial charge in [0.1, 0.15) is 12.1 Å². The van der Waals surface area contributed by atoms with Crippen LogP contribution in [0.25, 0.3) is 10.8 Å². The van der Waals surface area contributed by atoms with Crippen molar-refractivity contribution in [1.82, 2.24) is 19.9 Å². The van der Waals surface area contributed by atoms with Crippen LogP contribution in [0.4, 0.5) is 5.82 Å². The lowest BCUT2D eigenvalue weighted by Crippen LogP contribution is -2.56. The molecule has 4 atom stereocenters. The third-order valence-electron chi connectivity index (χ3n) is 8.27. The van der Waals surface area contributed by atoms with E-state index in [1.807, 2.05) is 12.1 Å². The van der Waals surface area contributed by atoms with Crippen LogP contribution in [-0.2, 0) is 9.53 Å². The number of aromatic nitrogens is 3. The zero-order valence-electron chi connectivity index (χ0n) is 20.2. The number of nitrogens with zero attached hydrogens (tertiary/aromatic N) is 4. The maximum Gasteiger partial charge on any atom is 0.229 e. The Morgan fingerprint density at radius 1 is 1.17 bits per heavy atom. The number of benzene rings is 1. The van der Waals surface area contributed by atoms with E-state index in [1.54, 1.807) is 18.6 Å². The van der Waals surface area contributed by atoms with Gasteiger partial charge in [-0.1, -0.05) is 11.6 Å². The van der Waals surface area contributed by atoms with E-state index in [2.05, 4.69) is 38.2 Å². The minimum atomic E-state index is -0.452. The average Bonchev–Trinajstić information content (AvgIpc) is 3.63. The quantitative estimate of drug-likeness (QED) is 0.542. The molecule has 2 unspecified atom stereocenters. The number of anilines is 1. The van der Waals surface area contributed by atoms with E-state index in [-0.39, 0.29) is 23.3 Å². The van der Waals surface area contributed by atoms with Crippen LogP contribution in [-0.4, -0.2) is 68.8 Å². The summed E-state index contributed by atoms with van der Waals surface area (Å²) >= 11 is 6.72. The SMILES string of the molecule is C[C@@]1(N2CCC(c3cc4cc(NC(=O)C5CC5c5cncnc5)ncc4cc3Cl)CC2)COC[C@@H]1O. The molecule has 3 aliphatic rings. The van der Waals surface area contributed by atoms with Crippen LogP contribution in [0.5, 0.6) is 0 Å². The second-order valence-corrected chi connectivity index (χ2v) is 11.0. The van der Waals surface area contributed by atoms with Crippen molar-refractivity contribution in [3.8, 4) is 0 Å². The monoisotopic (exact) mass is 507 g/mol. The van der Waals surface area contributed by atoms with Gasteiger partial charge < -0.3 is 15.2 Å². The van der Waals surface area contributed by atoms with Crippen LogP contribution in [0.3, 0.4) is 0 Å². The average molecular weight is 508 g/mol. The van der Waals surface area contributed by atoms with Gasteiger partial charge >= 0.3 is 0 Å². The van der Waals surface area contributed by atoms with E-state index in [0.717, 1.165) is 59.3 Å². The Kier molecular flexibility index (Phi) is 6.16. The second kappa shape index (κ2) is 9.34. The fourth-order valence-corrected chi connectivity index (χ4v) is 6.12. The van der Waals surface area contributed by atoms with E-state index in [4.69, 9.17) is 16.3 Å². The third kappa shape index (κ3) is 4.36. The van der Waals surface area contributed by atoms with Gasteiger partial charge in [-0.05, 0) is 85.8 Å². The Bertz CT molecular complexity index is 1280. The van der Waals surface area contributed by atoms with Gasteiger partial charge in [0.25, 0.3) is 0 Å². The van der Waals surface area contributed by atoms with Crippen molar-refractivity contribution in [2.75, 3.05) is 31.6 Å². The van der Waals surface area contributed by atoms with E-state index < -0.39 is 6.10 Å². The number of amides is 1. The first-order chi connectivity index (χ1) is 17.4. The molecule has 4 heterocycles. The lowest BCUT2D eigenvalue weighted by atomic mass is 9.85. The minimum absolute atomic E-state index is 0.0242. The number of halogens is 1. The molecule has 36 heavy (non-hydrogen) atoms. The molecule has 9 heteroatoms. The van der Waals surface area contributed by atoms with E-state index in [1.165, 1.54) is 6.33 Å². The number of nitrogens with one attached hydrogen (secondary N) is 1. The summed E-state index contributed by atoms with van der Waals surface area (Å²) in [4.78, 5) is 27.7. The van der Waals surface area contributed by atoms with Crippen molar-refractivity contribution >= 4 is 34.1 Å². The highest BCUT2D eigenvalue weighted by molar-refractivity contribution is 6.32. The molecule has 0 radical (unpaired) electrons. The third-order valence-corrected chi connectivity index (χ3v) is 8.60. The van der Waals surface area contributed by atoms with Crippen LogP contribution >= 0.6 is 11.6 Å². The van der Waals surface area contributed by atoms with E-state index in [0.29, 0.717) is 24.9 Å². The van der Waals surface area contributed by atoms with Gasteiger partial charge in [0.2, 0.25) is 5.91 Å². The molecule has 2 aromatic heterocycles. The summed E-state index contributed by atoms with van der Waals surface area (Å²) in [5, 5.41) is 16.1. The van der Waals surface area contributed by atoms with Crippen molar-refractivity contribution in [3.05, 3.63) is 59.3 Å². The van der Waals surface area contributed by atoms with Gasteiger partial charge in [0, 0.05) is 34.9 Å². The van der Waals surface area contributed by atoms with Crippen molar-refractivity contribution in [2.45, 2.75) is 49.7 Å². The molecular weight excluding hydrogens is 478 g/mol.